The summed E-state index contributed by atoms with van der Waals surface area (Å²) in [6.45, 7) is 0. The Morgan fingerprint density at radius 1 is 1.47 bits per heavy atom. The molecule has 0 atom stereocenters. The molecular formula is C9H3BrF3NO2S. The fourth-order valence-electron chi connectivity index (χ4n) is 1.04. The first-order valence-corrected chi connectivity index (χ1v) is 5.58. The second-order valence-corrected chi connectivity index (χ2v) is 4.73. The minimum Gasteiger partial charge on any atom is -0.478 e. The van der Waals surface area contributed by atoms with Crippen molar-refractivity contribution < 1.29 is 23.1 Å². The maximum Gasteiger partial charge on any atom is 0.446 e. The Kier molecular flexibility index (Phi) is 4.06. The molecule has 0 amide bonds. The Balaban J connectivity index is 3.38. The number of nitrogens with zero attached hydrogens (tertiary/aromatic N) is 1. The standard InChI is InChI=1S/C9H3BrF3NO2S/c10-6-2-4(3-14)1-5(8(15)16)7(6)17-9(11,12)13/h1-2H,(H,15,16). The second kappa shape index (κ2) is 4.98. The SMILES string of the molecule is N#Cc1cc(Br)c(SC(F)(F)F)c(C(=O)O)c1. The van der Waals surface area contributed by atoms with Crippen molar-refractivity contribution in [1.82, 2.24) is 0 Å². The third-order valence-corrected chi connectivity index (χ3v) is 3.38. The predicted octanol–water partition coefficient (Wildman–Crippen LogP) is 3.63. The van der Waals surface area contributed by atoms with Gasteiger partial charge in [0.2, 0.25) is 0 Å². The van der Waals surface area contributed by atoms with Crippen molar-refractivity contribution in [3.63, 3.8) is 0 Å². The molecule has 1 rings (SSSR count). The highest BCUT2D eigenvalue weighted by molar-refractivity contribution is 9.10. The summed E-state index contributed by atoms with van der Waals surface area (Å²) < 4.78 is 36.6. The zero-order valence-electron chi connectivity index (χ0n) is 7.88. The first kappa shape index (κ1) is 13.9. The van der Waals surface area contributed by atoms with Gasteiger partial charge in [0.25, 0.3) is 0 Å². The average molecular weight is 326 g/mol. The highest BCUT2D eigenvalue weighted by Crippen LogP contribution is 2.42. The van der Waals surface area contributed by atoms with Crippen LogP contribution >= 0.6 is 27.7 Å². The summed E-state index contributed by atoms with van der Waals surface area (Å²) in [4.78, 5) is 10.3. The molecule has 1 aromatic carbocycles. The van der Waals surface area contributed by atoms with Crippen LogP contribution in [-0.2, 0) is 0 Å². The number of thioether (sulfide) groups is 1. The fourth-order valence-corrected chi connectivity index (χ4v) is 2.38. The Bertz CT molecular complexity index is 510. The molecule has 0 aliphatic heterocycles. The van der Waals surface area contributed by atoms with Gasteiger partial charge in [-0.15, -0.1) is 0 Å². The van der Waals surface area contributed by atoms with Crippen molar-refractivity contribution in [1.29, 1.82) is 5.26 Å². The number of carboxylic acid groups (broad SMARTS) is 1. The zero-order chi connectivity index (χ0) is 13.2. The molecule has 0 saturated heterocycles. The van der Waals surface area contributed by atoms with Crippen LogP contribution in [0, 0.1) is 11.3 Å². The van der Waals surface area contributed by atoms with Gasteiger partial charge >= 0.3 is 11.5 Å². The third kappa shape index (κ3) is 3.64. The van der Waals surface area contributed by atoms with Gasteiger partial charge < -0.3 is 5.11 Å². The van der Waals surface area contributed by atoms with E-state index >= 15 is 0 Å². The van der Waals surface area contributed by atoms with Crippen LogP contribution in [0.25, 0.3) is 0 Å². The molecule has 1 aromatic rings. The molecule has 0 fully saturated rings. The molecule has 0 radical (unpaired) electrons. The van der Waals surface area contributed by atoms with Crippen molar-refractivity contribution in [3.05, 3.63) is 27.7 Å². The van der Waals surface area contributed by atoms with Crippen LogP contribution in [0.15, 0.2) is 21.5 Å². The summed E-state index contributed by atoms with van der Waals surface area (Å²) in [6.07, 6.45) is 0. The van der Waals surface area contributed by atoms with E-state index in [1.54, 1.807) is 6.07 Å². The van der Waals surface area contributed by atoms with Crippen LogP contribution in [0.3, 0.4) is 0 Å². The molecule has 0 unspecified atom stereocenters. The summed E-state index contributed by atoms with van der Waals surface area (Å²) in [5.41, 5.74) is -5.18. The number of nitriles is 1. The van der Waals surface area contributed by atoms with Gasteiger partial charge in [-0.2, -0.15) is 18.4 Å². The number of carbonyl (C=O) groups is 1. The number of aromatic carboxylic acids is 1. The number of hydrogen-bond acceptors (Lipinski definition) is 3. The van der Waals surface area contributed by atoms with Gasteiger partial charge in [-0.1, -0.05) is 0 Å². The van der Waals surface area contributed by atoms with E-state index in [-0.39, 0.29) is 10.0 Å². The quantitative estimate of drug-likeness (QED) is 0.843. The molecule has 0 saturated carbocycles. The molecule has 0 bridgehead atoms. The van der Waals surface area contributed by atoms with E-state index in [0.717, 1.165) is 12.1 Å². The van der Waals surface area contributed by atoms with Gasteiger partial charge in [0.1, 0.15) is 0 Å². The molecule has 17 heavy (non-hydrogen) atoms. The summed E-state index contributed by atoms with van der Waals surface area (Å²) in [5, 5.41) is 17.4. The van der Waals surface area contributed by atoms with Crippen molar-refractivity contribution in [2.24, 2.45) is 0 Å². The van der Waals surface area contributed by atoms with Gasteiger partial charge in [0.15, 0.2) is 0 Å². The Hall–Kier alpha value is -1.20. The highest BCUT2D eigenvalue weighted by Gasteiger charge is 2.33. The number of halogens is 4. The molecule has 0 aliphatic rings. The van der Waals surface area contributed by atoms with Gasteiger partial charge in [-0.25, -0.2) is 4.79 Å². The van der Waals surface area contributed by atoms with Crippen molar-refractivity contribution >= 4 is 33.7 Å². The molecular weight excluding hydrogens is 323 g/mol. The van der Waals surface area contributed by atoms with Crippen LogP contribution in [0.1, 0.15) is 15.9 Å². The second-order valence-electron chi connectivity index (χ2n) is 2.80. The van der Waals surface area contributed by atoms with Crippen LogP contribution < -0.4 is 0 Å². The minimum atomic E-state index is -4.60. The smallest absolute Gasteiger partial charge is 0.446 e. The molecule has 0 heterocycles. The maximum atomic E-state index is 12.2. The number of carboxylic acids is 1. The molecule has 8 heteroatoms. The molecule has 0 aliphatic carbocycles. The topological polar surface area (TPSA) is 61.1 Å². The summed E-state index contributed by atoms with van der Waals surface area (Å²) >= 11 is 2.29. The lowest BCUT2D eigenvalue weighted by molar-refractivity contribution is -0.0328. The van der Waals surface area contributed by atoms with Crippen LogP contribution in [-0.4, -0.2) is 16.6 Å². The Morgan fingerprint density at radius 3 is 2.47 bits per heavy atom. The van der Waals surface area contributed by atoms with E-state index < -0.39 is 33.7 Å². The van der Waals surface area contributed by atoms with E-state index in [2.05, 4.69) is 15.9 Å². The monoisotopic (exact) mass is 325 g/mol. The Morgan fingerprint density at radius 2 is 2.06 bits per heavy atom. The van der Waals surface area contributed by atoms with Gasteiger partial charge in [-0.3, -0.25) is 0 Å². The summed E-state index contributed by atoms with van der Waals surface area (Å²) in [5.74, 6) is -1.52. The van der Waals surface area contributed by atoms with Crippen LogP contribution in [0.5, 0.6) is 0 Å². The van der Waals surface area contributed by atoms with Crippen LogP contribution in [0.2, 0.25) is 0 Å². The molecule has 0 spiro atoms. The van der Waals surface area contributed by atoms with Crippen molar-refractivity contribution in [2.45, 2.75) is 10.4 Å². The normalized spacial score (nSPS) is 11.0. The largest absolute Gasteiger partial charge is 0.478 e. The lowest BCUT2D eigenvalue weighted by atomic mass is 10.1. The lowest BCUT2D eigenvalue weighted by Gasteiger charge is -2.10. The van der Waals surface area contributed by atoms with E-state index in [4.69, 9.17) is 10.4 Å². The average Bonchev–Trinajstić information content (AvgIpc) is 2.18. The first-order chi connectivity index (χ1) is 7.74. The highest BCUT2D eigenvalue weighted by atomic mass is 79.9. The maximum absolute atomic E-state index is 12.2. The van der Waals surface area contributed by atoms with Gasteiger partial charge in [-0.05, 0) is 39.8 Å². The number of rotatable bonds is 2. The van der Waals surface area contributed by atoms with Crippen molar-refractivity contribution in [2.75, 3.05) is 0 Å². The molecule has 90 valence electrons. The lowest BCUT2D eigenvalue weighted by Crippen LogP contribution is -2.06. The van der Waals surface area contributed by atoms with Gasteiger partial charge in [0.05, 0.1) is 17.2 Å². The third-order valence-electron chi connectivity index (χ3n) is 1.62. The van der Waals surface area contributed by atoms with Crippen molar-refractivity contribution in [3.8, 4) is 6.07 Å². The van der Waals surface area contributed by atoms with E-state index in [1.807, 2.05) is 0 Å². The zero-order valence-corrected chi connectivity index (χ0v) is 10.3. The van der Waals surface area contributed by atoms with E-state index in [1.165, 1.54) is 0 Å². The van der Waals surface area contributed by atoms with E-state index in [0.29, 0.717) is 0 Å². The molecule has 3 nitrogen and oxygen atoms in total. The summed E-state index contributed by atoms with van der Waals surface area (Å²) in [6, 6.07) is 3.71. The number of benzene rings is 1. The van der Waals surface area contributed by atoms with Gasteiger partial charge in [0, 0.05) is 9.37 Å². The fraction of sp³-hybridized carbons (Fsp3) is 0.111. The number of hydrogen-bond donors (Lipinski definition) is 1. The Labute approximate surface area is 106 Å². The molecule has 0 aromatic heterocycles. The predicted molar refractivity (Wildman–Crippen MR) is 57.7 cm³/mol. The number of alkyl halides is 3. The summed E-state index contributed by atoms with van der Waals surface area (Å²) in [7, 11) is 0. The minimum absolute atomic E-state index is 0.0270. The first-order valence-electron chi connectivity index (χ1n) is 3.97. The van der Waals surface area contributed by atoms with Crippen LogP contribution in [0.4, 0.5) is 13.2 Å². The molecule has 1 N–H and O–H groups in total. The van der Waals surface area contributed by atoms with E-state index in [9.17, 15) is 18.0 Å².